The number of hydrogen-bond donors (Lipinski definition) is 2. The second-order valence-electron chi connectivity index (χ2n) is 10.4. The van der Waals surface area contributed by atoms with Gasteiger partial charge in [0.2, 0.25) is 0 Å². The van der Waals surface area contributed by atoms with Gasteiger partial charge in [-0.05, 0) is 69.2 Å². The van der Waals surface area contributed by atoms with Gasteiger partial charge in [-0.15, -0.1) is 0 Å². The normalized spacial score (nSPS) is 28.1. The average molecular weight is 459 g/mol. The number of β-amino-alcohol motifs (C(OH)–C–C–N with tert-alkyl or cyclic N) is 1. The fourth-order valence-electron chi connectivity index (χ4n) is 6.29. The van der Waals surface area contributed by atoms with E-state index in [0.29, 0.717) is 24.3 Å². The number of anilines is 1. The first-order valence-electron chi connectivity index (χ1n) is 12.6. The first kappa shape index (κ1) is 22.9. The molecule has 2 aliphatic carbocycles. The smallest absolute Gasteiger partial charge is 0.325 e. The number of urea groups is 1. The number of para-hydroxylation sites is 1. The van der Waals surface area contributed by atoms with Crippen LogP contribution in [-0.2, 0) is 5.54 Å². The summed E-state index contributed by atoms with van der Waals surface area (Å²) in [5, 5.41) is 24.5. The van der Waals surface area contributed by atoms with E-state index in [2.05, 4.69) is 48.6 Å². The topological polar surface area (TPSA) is 79.6 Å². The molecule has 2 aromatic rings. The highest BCUT2D eigenvalue weighted by Gasteiger charge is 2.56. The van der Waals surface area contributed by atoms with Crippen LogP contribution in [0.2, 0.25) is 0 Å². The number of nitrogens with zero attached hydrogens (tertiary/aromatic N) is 3. The van der Waals surface area contributed by atoms with Gasteiger partial charge < -0.3 is 15.3 Å². The molecule has 2 amide bonds. The highest BCUT2D eigenvalue weighted by molar-refractivity contribution is 5.96. The summed E-state index contributed by atoms with van der Waals surface area (Å²) in [5.74, 6) is 0. The lowest BCUT2D eigenvalue weighted by Gasteiger charge is -2.50. The van der Waals surface area contributed by atoms with Crippen molar-refractivity contribution in [2.45, 2.75) is 68.5 Å². The van der Waals surface area contributed by atoms with E-state index in [-0.39, 0.29) is 17.1 Å². The van der Waals surface area contributed by atoms with Crippen LogP contribution in [-0.4, -0.2) is 46.8 Å². The maximum atomic E-state index is 13.8. The van der Waals surface area contributed by atoms with Gasteiger partial charge >= 0.3 is 6.03 Å². The minimum Gasteiger partial charge on any atom is -0.388 e. The van der Waals surface area contributed by atoms with Crippen molar-refractivity contribution >= 4 is 11.7 Å². The molecule has 5 rings (SSSR count). The Balaban J connectivity index is 1.48. The predicted octanol–water partition coefficient (Wildman–Crippen LogP) is 4.53. The summed E-state index contributed by atoms with van der Waals surface area (Å²) in [6.45, 7) is 3.95. The number of carbonyl (C=O) groups is 1. The van der Waals surface area contributed by atoms with Gasteiger partial charge in [0.25, 0.3) is 0 Å². The molecule has 2 saturated carbocycles. The standard InChI is InChI=1S/C28H34N4O2/c1-2-30-28(23-10-4-3-5-11-23)17-15-26(16-18-28)20-31(24-12-7-6-9-22(24)19-29)25(33)32(26)21-27(34)13-8-14-27/h3-7,9-12,30,34H,2,8,13-18,20-21H2,1H3. The number of aliphatic hydroxyl groups is 1. The molecule has 0 aromatic heterocycles. The van der Waals surface area contributed by atoms with E-state index in [0.717, 1.165) is 51.5 Å². The van der Waals surface area contributed by atoms with Crippen molar-refractivity contribution in [3.05, 3.63) is 65.7 Å². The molecule has 0 unspecified atom stereocenters. The maximum Gasteiger partial charge on any atom is 0.325 e. The molecule has 0 atom stereocenters. The molecule has 1 saturated heterocycles. The van der Waals surface area contributed by atoms with Gasteiger partial charge in [0.1, 0.15) is 6.07 Å². The summed E-state index contributed by atoms with van der Waals surface area (Å²) in [4.78, 5) is 17.6. The monoisotopic (exact) mass is 458 g/mol. The van der Waals surface area contributed by atoms with Crippen LogP contribution in [0.1, 0.15) is 63.0 Å². The SMILES string of the molecule is CCNC1(c2ccccc2)CCC2(CC1)CN(c1ccccc1C#N)C(=O)N2CC1(O)CCC1. The summed E-state index contributed by atoms with van der Waals surface area (Å²) in [7, 11) is 0. The van der Waals surface area contributed by atoms with Crippen molar-refractivity contribution in [2.24, 2.45) is 0 Å². The molecule has 1 heterocycles. The number of benzene rings is 2. The van der Waals surface area contributed by atoms with Gasteiger partial charge in [-0.25, -0.2) is 4.79 Å². The van der Waals surface area contributed by atoms with Crippen LogP contribution >= 0.6 is 0 Å². The van der Waals surface area contributed by atoms with Crippen LogP contribution in [0, 0.1) is 11.3 Å². The first-order valence-corrected chi connectivity index (χ1v) is 12.6. The fourth-order valence-corrected chi connectivity index (χ4v) is 6.29. The number of hydrogen-bond acceptors (Lipinski definition) is 4. The van der Waals surface area contributed by atoms with E-state index in [4.69, 9.17) is 0 Å². The fraction of sp³-hybridized carbons (Fsp3) is 0.500. The molecule has 1 spiro atoms. The van der Waals surface area contributed by atoms with Crippen LogP contribution in [0.5, 0.6) is 0 Å². The molecule has 3 aliphatic rings. The van der Waals surface area contributed by atoms with Crippen LogP contribution in [0.3, 0.4) is 0 Å². The van der Waals surface area contributed by atoms with Gasteiger partial charge in [-0.3, -0.25) is 4.90 Å². The molecular formula is C28H34N4O2. The third-order valence-electron chi connectivity index (χ3n) is 8.41. The number of nitriles is 1. The zero-order valence-corrected chi connectivity index (χ0v) is 20.0. The van der Waals surface area contributed by atoms with Crippen LogP contribution < -0.4 is 10.2 Å². The molecule has 2 N–H and O–H groups in total. The highest BCUT2D eigenvalue weighted by atomic mass is 16.3. The minimum absolute atomic E-state index is 0.0845. The van der Waals surface area contributed by atoms with Crippen molar-refractivity contribution in [3.63, 3.8) is 0 Å². The predicted molar refractivity (Wildman–Crippen MR) is 132 cm³/mol. The van der Waals surface area contributed by atoms with E-state index in [1.54, 1.807) is 11.0 Å². The van der Waals surface area contributed by atoms with E-state index in [1.165, 1.54) is 5.56 Å². The minimum atomic E-state index is -0.789. The molecular weight excluding hydrogens is 424 g/mol. The summed E-state index contributed by atoms with van der Waals surface area (Å²) < 4.78 is 0. The third kappa shape index (κ3) is 3.77. The molecule has 178 valence electrons. The first-order chi connectivity index (χ1) is 16.4. The molecule has 0 bridgehead atoms. The molecule has 1 aliphatic heterocycles. The van der Waals surface area contributed by atoms with Crippen molar-refractivity contribution in [1.82, 2.24) is 10.2 Å². The number of nitrogens with one attached hydrogen (secondary N) is 1. The Kier molecular flexibility index (Phi) is 5.87. The number of amides is 2. The van der Waals surface area contributed by atoms with Crippen molar-refractivity contribution in [1.29, 1.82) is 5.26 Å². The Morgan fingerprint density at radius 1 is 1.00 bits per heavy atom. The van der Waals surface area contributed by atoms with E-state index < -0.39 is 5.60 Å². The molecule has 0 radical (unpaired) electrons. The third-order valence-corrected chi connectivity index (χ3v) is 8.41. The molecule has 6 nitrogen and oxygen atoms in total. The Labute approximate surface area is 202 Å². The zero-order valence-electron chi connectivity index (χ0n) is 20.0. The summed E-state index contributed by atoms with van der Waals surface area (Å²) >= 11 is 0. The van der Waals surface area contributed by atoms with E-state index >= 15 is 0 Å². The summed E-state index contributed by atoms with van der Waals surface area (Å²) in [6, 6.07) is 20.1. The second-order valence-corrected chi connectivity index (χ2v) is 10.4. The maximum absolute atomic E-state index is 13.8. The number of rotatable bonds is 6. The second kappa shape index (κ2) is 8.72. The van der Waals surface area contributed by atoms with Crippen molar-refractivity contribution in [2.75, 3.05) is 24.5 Å². The molecule has 3 fully saturated rings. The van der Waals surface area contributed by atoms with Gasteiger partial charge in [0, 0.05) is 5.54 Å². The van der Waals surface area contributed by atoms with Gasteiger partial charge in [-0.1, -0.05) is 49.4 Å². The highest BCUT2D eigenvalue weighted by Crippen LogP contribution is 2.49. The Morgan fingerprint density at radius 2 is 1.68 bits per heavy atom. The van der Waals surface area contributed by atoms with E-state index in [1.807, 2.05) is 23.1 Å². The summed E-state index contributed by atoms with van der Waals surface area (Å²) in [5.41, 5.74) is 1.23. The lowest BCUT2D eigenvalue weighted by Crippen LogP contribution is -2.59. The van der Waals surface area contributed by atoms with Crippen LogP contribution in [0.25, 0.3) is 0 Å². The van der Waals surface area contributed by atoms with Crippen molar-refractivity contribution in [3.8, 4) is 6.07 Å². The van der Waals surface area contributed by atoms with Crippen molar-refractivity contribution < 1.29 is 9.90 Å². The lowest BCUT2D eigenvalue weighted by atomic mass is 9.68. The van der Waals surface area contributed by atoms with Gasteiger partial charge in [-0.2, -0.15) is 5.26 Å². The lowest BCUT2D eigenvalue weighted by molar-refractivity contribution is -0.0691. The Morgan fingerprint density at radius 3 is 2.29 bits per heavy atom. The Bertz CT molecular complexity index is 1080. The molecule has 6 heteroatoms. The van der Waals surface area contributed by atoms with E-state index in [9.17, 15) is 15.2 Å². The summed E-state index contributed by atoms with van der Waals surface area (Å²) in [6.07, 6.45) is 6.02. The quantitative estimate of drug-likeness (QED) is 0.666. The molecule has 34 heavy (non-hydrogen) atoms. The number of carbonyl (C=O) groups excluding carboxylic acids is 1. The average Bonchev–Trinajstić information content (AvgIpc) is 3.11. The van der Waals surface area contributed by atoms with Gasteiger partial charge in [0.15, 0.2) is 0 Å². The molecule has 2 aromatic carbocycles. The van der Waals surface area contributed by atoms with Gasteiger partial charge in [0.05, 0.1) is 35.5 Å². The zero-order chi connectivity index (χ0) is 23.8. The van der Waals surface area contributed by atoms with Crippen LogP contribution in [0.4, 0.5) is 10.5 Å². The van der Waals surface area contributed by atoms with Crippen LogP contribution in [0.15, 0.2) is 54.6 Å². The largest absolute Gasteiger partial charge is 0.388 e. The Hall–Kier alpha value is -2.88.